The molecule has 1 aliphatic carbocycles. The van der Waals surface area contributed by atoms with Crippen molar-refractivity contribution in [2.75, 3.05) is 18.6 Å². The highest BCUT2D eigenvalue weighted by atomic mass is 19.1. The first-order chi connectivity index (χ1) is 15.3. The van der Waals surface area contributed by atoms with Crippen LogP contribution in [0.3, 0.4) is 0 Å². The highest BCUT2D eigenvalue weighted by Crippen LogP contribution is 2.37. The number of nitro groups is 1. The molecule has 2 aliphatic rings. The summed E-state index contributed by atoms with van der Waals surface area (Å²) in [6.45, 7) is 6.86. The third-order valence-electron chi connectivity index (χ3n) is 5.80. The Morgan fingerprint density at radius 2 is 1.91 bits per heavy atom. The van der Waals surface area contributed by atoms with Crippen LogP contribution in [0.1, 0.15) is 12.8 Å². The van der Waals surface area contributed by atoms with E-state index in [0.29, 0.717) is 16.9 Å². The third-order valence-corrected chi connectivity index (χ3v) is 5.80. The molecule has 0 fully saturated rings. The van der Waals surface area contributed by atoms with Gasteiger partial charge in [-0.25, -0.2) is 11.0 Å². The van der Waals surface area contributed by atoms with Crippen LogP contribution in [0.2, 0.25) is 0 Å². The number of anilines is 1. The van der Waals surface area contributed by atoms with Crippen molar-refractivity contribution in [1.82, 2.24) is 0 Å². The first-order valence-corrected chi connectivity index (χ1v) is 9.88. The van der Waals surface area contributed by atoms with Crippen LogP contribution in [-0.4, -0.2) is 42.4 Å². The quantitative estimate of drug-likeness (QED) is 0.417. The largest absolute Gasteiger partial charge is 0.497 e. The monoisotopic (exact) mass is 435 g/mol. The number of nitrogens with zero attached hydrogens (tertiary/aromatic N) is 3. The fraction of sp³-hybridized carbons (Fsp3) is 0.261. The lowest BCUT2D eigenvalue weighted by Gasteiger charge is -2.32. The molecule has 0 radical (unpaired) electrons. The van der Waals surface area contributed by atoms with E-state index < -0.39 is 41.1 Å². The summed E-state index contributed by atoms with van der Waals surface area (Å²) in [5.41, 5.74) is 0.742. The molecule has 2 atom stereocenters. The summed E-state index contributed by atoms with van der Waals surface area (Å²) >= 11 is 0. The third kappa shape index (κ3) is 3.50. The molecule has 0 saturated heterocycles. The number of carbonyl (C=O) groups is 2. The Balaban J connectivity index is 1.74. The molecule has 1 aliphatic heterocycles. The fourth-order valence-corrected chi connectivity index (χ4v) is 4.25. The van der Waals surface area contributed by atoms with Gasteiger partial charge in [-0.1, -0.05) is 18.2 Å². The Hall–Kier alpha value is -4.06. The van der Waals surface area contributed by atoms with E-state index in [1.807, 2.05) is 0 Å². The Labute approximate surface area is 182 Å². The molecule has 1 heterocycles. The summed E-state index contributed by atoms with van der Waals surface area (Å²) < 4.78 is 20.3. The number of amides is 1. The molecule has 0 aromatic heterocycles. The number of hydrogen-bond acceptors (Lipinski definition) is 5. The molecule has 162 valence electrons. The van der Waals surface area contributed by atoms with Crippen LogP contribution in [0.4, 0.5) is 10.1 Å². The second-order valence-corrected chi connectivity index (χ2v) is 7.56. The van der Waals surface area contributed by atoms with Gasteiger partial charge in [0, 0.05) is 17.8 Å². The van der Waals surface area contributed by atoms with E-state index in [9.17, 15) is 19.7 Å². The smallest absolute Gasteiger partial charge is 0.263 e. The van der Waals surface area contributed by atoms with E-state index in [-0.39, 0.29) is 29.7 Å². The van der Waals surface area contributed by atoms with E-state index in [1.165, 1.54) is 19.2 Å². The fourth-order valence-electron chi connectivity index (χ4n) is 4.25. The molecule has 32 heavy (non-hydrogen) atoms. The number of methoxy groups -OCH3 is 1. The number of rotatable bonds is 4. The lowest BCUT2D eigenvalue weighted by Crippen LogP contribution is -2.50. The van der Waals surface area contributed by atoms with Gasteiger partial charge in [0.05, 0.1) is 24.9 Å². The Morgan fingerprint density at radius 1 is 1.16 bits per heavy atom. The predicted molar refractivity (Wildman–Crippen MR) is 113 cm³/mol. The summed E-state index contributed by atoms with van der Waals surface area (Å²) in [7, 11) is 1.52. The number of ketones is 1. The summed E-state index contributed by atoms with van der Waals surface area (Å²) in [5.74, 6) is -1.49. The molecule has 8 nitrogen and oxygen atoms in total. The molecule has 0 N–H and O–H groups in total. The van der Waals surface area contributed by atoms with E-state index in [1.54, 1.807) is 30.3 Å². The van der Waals surface area contributed by atoms with Crippen LogP contribution >= 0.6 is 0 Å². The Kier molecular flexibility index (Phi) is 5.45. The van der Waals surface area contributed by atoms with Gasteiger partial charge in [-0.05, 0) is 35.4 Å². The van der Waals surface area contributed by atoms with Gasteiger partial charge in [0.2, 0.25) is 6.04 Å². The lowest BCUT2D eigenvalue weighted by atomic mass is 9.79. The number of ether oxygens (including phenoxy) is 1. The molecule has 2 aromatic rings. The first kappa shape index (κ1) is 21.2. The number of hydrogen-bond donors (Lipinski definition) is 0. The Bertz CT molecular complexity index is 1220. The van der Waals surface area contributed by atoms with Crippen molar-refractivity contribution in [3.63, 3.8) is 0 Å². The molecular weight excluding hydrogens is 417 g/mol. The highest BCUT2D eigenvalue weighted by molar-refractivity contribution is 6.20. The predicted octanol–water partition coefficient (Wildman–Crippen LogP) is 3.44. The topological polar surface area (TPSA) is 94.1 Å². The van der Waals surface area contributed by atoms with Crippen molar-refractivity contribution in [2.45, 2.75) is 24.9 Å². The van der Waals surface area contributed by atoms with Gasteiger partial charge in [0.25, 0.3) is 11.9 Å². The summed E-state index contributed by atoms with van der Waals surface area (Å²) in [4.78, 5) is 41.2. The average Bonchev–Trinajstić information content (AvgIpc) is 2.80. The van der Waals surface area contributed by atoms with E-state index in [2.05, 4.69) is 4.85 Å². The van der Waals surface area contributed by atoms with Gasteiger partial charge in [0.15, 0.2) is 5.78 Å². The molecule has 4 rings (SSSR count). The summed E-state index contributed by atoms with van der Waals surface area (Å²) in [6, 6.07) is 9.02. The minimum absolute atomic E-state index is 0.0154. The zero-order chi connectivity index (χ0) is 23.0. The van der Waals surface area contributed by atoms with Crippen molar-refractivity contribution in [1.29, 1.82) is 0 Å². The van der Waals surface area contributed by atoms with Gasteiger partial charge in [-0.3, -0.25) is 24.6 Å². The molecule has 2 unspecified atom stereocenters. The number of benzene rings is 2. The van der Waals surface area contributed by atoms with Crippen molar-refractivity contribution < 1.29 is 23.6 Å². The van der Waals surface area contributed by atoms with Crippen molar-refractivity contribution in [2.24, 2.45) is 0 Å². The van der Waals surface area contributed by atoms with E-state index >= 15 is 4.39 Å². The highest BCUT2D eigenvalue weighted by Gasteiger charge is 2.50. The van der Waals surface area contributed by atoms with Crippen LogP contribution in [0.5, 0.6) is 5.75 Å². The first-order valence-electron chi connectivity index (χ1n) is 9.88. The average molecular weight is 435 g/mol. The van der Waals surface area contributed by atoms with Crippen LogP contribution in [-0.2, 0) is 9.59 Å². The molecule has 1 amide bonds. The normalized spacial score (nSPS) is 20.6. The van der Waals surface area contributed by atoms with Gasteiger partial charge in [-0.15, -0.1) is 0 Å². The van der Waals surface area contributed by atoms with Crippen LogP contribution in [0.25, 0.3) is 16.0 Å². The second-order valence-electron chi connectivity index (χ2n) is 7.56. The maximum absolute atomic E-state index is 15.1. The van der Waals surface area contributed by atoms with Crippen molar-refractivity contribution in [3.8, 4) is 16.9 Å². The van der Waals surface area contributed by atoms with Crippen molar-refractivity contribution >= 4 is 17.4 Å². The molecule has 9 heteroatoms. The zero-order valence-corrected chi connectivity index (χ0v) is 17.1. The molecule has 0 bridgehead atoms. The van der Waals surface area contributed by atoms with Crippen LogP contribution in [0, 0.1) is 22.5 Å². The summed E-state index contributed by atoms with van der Waals surface area (Å²) in [5, 5.41) is 11.4. The molecular formula is C23H18FN3O5. The van der Waals surface area contributed by atoms with Crippen LogP contribution < -0.4 is 9.64 Å². The van der Waals surface area contributed by atoms with Gasteiger partial charge in [0.1, 0.15) is 17.1 Å². The van der Waals surface area contributed by atoms with E-state index in [0.717, 1.165) is 4.90 Å². The van der Waals surface area contributed by atoms with Gasteiger partial charge in [-0.2, -0.15) is 0 Å². The molecule has 2 aromatic carbocycles. The lowest BCUT2D eigenvalue weighted by molar-refractivity contribution is -0.513. The number of halogens is 1. The Morgan fingerprint density at radius 3 is 2.56 bits per heavy atom. The standard InChI is InChI=1S/C23H18FN3O5/c1-25-17-7-9-19(27(30)31)22-20(28)12-26(23(29)21(17)22)18-8-6-14(11-16(18)24)13-4-3-5-15(10-13)32-2/h3-6,8,10-11,17,19H,7,9,12H2,2H3. The minimum atomic E-state index is -1.32. The maximum Gasteiger partial charge on any atom is 0.263 e. The van der Waals surface area contributed by atoms with Crippen LogP contribution in [0.15, 0.2) is 53.6 Å². The molecule has 0 saturated carbocycles. The van der Waals surface area contributed by atoms with E-state index in [4.69, 9.17) is 11.3 Å². The summed E-state index contributed by atoms with van der Waals surface area (Å²) in [6.07, 6.45) is 0.111. The van der Waals surface area contributed by atoms with Crippen molar-refractivity contribution in [3.05, 3.63) is 81.0 Å². The molecule has 0 spiro atoms. The minimum Gasteiger partial charge on any atom is -0.497 e. The second kappa shape index (κ2) is 8.23. The van der Waals surface area contributed by atoms with Gasteiger partial charge < -0.3 is 9.58 Å². The maximum atomic E-state index is 15.1. The number of Topliss-reactive ketones (excluding diaryl/α,β-unsaturated/α-hetero) is 1. The SMILES string of the molecule is [C-]#[N+]C1CCC([N+](=O)[O-])C2=C1C(=O)N(c1ccc(-c3cccc(OC)c3)cc1F)CC2=O. The zero-order valence-electron chi connectivity index (χ0n) is 17.1. The van der Waals surface area contributed by atoms with Gasteiger partial charge >= 0.3 is 0 Å². The number of carbonyl (C=O) groups excluding carboxylic acids is 2.